The van der Waals surface area contributed by atoms with Crippen LogP contribution in [0.1, 0.15) is 216 Å². The van der Waals surface area contributed by atoms with E-state index in [-0.39, 0.29) is 69.7 Å². The van der Waals surface area contributed by atoms with Gasteiger partial charge < -0.3 is 61.1 Å². The highest BCUT2D eigenvalue weighted by Gasteiger charge is 2.80. The zero-order valence-corrected chi connectivity index (χ0v) is 56.2. The first kappa shape index (κ1) is 60.1. The van der Waals surface area contributed by atoms with Crippen molar-refractivity contribution < 1.29 is 54.5 Å². The number of nitrogens with one attached hydrogen (secondary N) is 4. The number of rotatable bonds is 2. The van der Waals surface area contributed by atoms with E-state index in [9.17, 15) is 35.4 Å². The van der Waals surface area contributed by atoms with Gasteiger partial charge in [0.05, 0.1) is 52.6 Å². The lowest BCUT2D eigenvalue weighted by molar-refractivity contribution is -0.366. The monoisotopic (exact) mass is 1340 g/mol. The maximum absolute atomic E-state index is 15.8. The summed E-state index contributed by atoms with van der Waals surface area (Å²) in [7, 11) is 0. The standard InChI is InChI=1S/C82H83N7O11/c1-39-26-49-56(53(91)27-39)64(94)59-54-32-48-47(57(59)63(49)93)13-25-85-72(48)86-35-55(92)79-21-9-41-6-4-17-78-18-5-16-76-19-10-43(78)31-50-58(60(41)79)62(51-33-80(99-54)69(96)65(95)70(97)81(100-80)61(51)52(79)34-75(73(81)98)23-22-74(36-75)14-2-3-15-74)89-66(50)82(76,78)68-67(87-38-88-68)77(37-76)20-11-45(90)30-44(77)29-40-7-8-46-42(28-40)12-24-84-71(46)83/h7-8,10,13,19,25-28,32-33,38,41,43-44,55,60,65,69-71,73,84,89,91-92,95-98H,2-3,5,9,11-12,14-18,20-24,29-31,34-37,83H2,1H3,(H,85,86)(H,87,88)/t41-,43+,44+,55-,60+,65-,69-,70+,71+,73+,75+,76-,77+,78+,79+,80-,81+,82-/m1/s1. The van der Waals surface area contributed by atoms with Gasteiger partial charge in [-0.15, -0.1) is 5.92 Å². The van der Waals surface area contributed by atoms with Crippen LogP contribution in [0.3, 0.4) is 0 Å². The summed E-state index contributed by atoms with van der Waals surface area (Å²) in [5, 5.41) is 89.4. The third-order valence-corrected chi connectivity index (χ3v) is 30.4. The summed E-state index contributed by atoms with van der Waals surface area (Å²) in [4.78, 5) is 64.6. The van der Waals surface area contributed by atoms with Crippen LogP contribution in [-0.2, 0) is 39.6 Å². The number of aliphatic hydroxyl groups is 5. The Morgan fingerprint density at radius 2 is 1.71 bits per heavy atom. The van der Waals surface area contributed by atoms with Crippen molar-refractivity contribution in [2.45, 2.75) is 207 Å². The molecule has 8 spiro atoms. The van der Waals surface area contributed by atoms with Crippen LogP contribution in [0.15, 0.2) is 84.4 Å². The van der Waals surface area contributed by atoms with Gasteiger partial charge in [-0.25, -0.2) is 9.97 Å². The van der Waals surface area contributed by atoms with Gasteiger partial charge in [-0.1, -0.05) is 61.1 Å². The highest BCUT2D eigenvalue weighted by Crippen LogP contribution is 2.81. The molecular weight excluding hydrogens is 1260 g/mol. The van der Waals surface area contributed by atoms with Crippen molar-refractivity contribution in [2.75, 3.05) is 18.4 Å². The van der Waals surface area contributed by atoms with E-state index in [4.69, 9.17) is 25.2 Å². The topological polar surface area (TPSA) is 298 Å². The van der Waals surface area contributed by atoms with Crippen LogP contribution in [0.5, 0.6) is 11.5 Å². The number of carbonyl (C=O) groups is 3. The van der Waals surface area contributed by atoms with Crippen molar-refractivity contribution in [1.82, 2.24) is 25.3 Å². The van der Waals surface area contributed by atoms with E-state index >= 15 is 9.59 Å². The Hall–Kier alpha value is -7.57. The van der Waals surface area contributed by atoms with Crippen LogP contribution >= 0.6 is 0 Å². The van der Waals surface area contributed by atoms with Gasteiger partial charge in [0.2, 0.25) is 5.78 Å². The summed E-state index contributed by atoms with van der Waals surface area (Å²) in [6, 6.07) is 13.0. The molecule has 0 amide bonds. The molecule has 15 bridgehead atoms. The Balaban J connectivity index is 0.836. The molecule has 5 saturated carbocycles. The fourth-order valence-electron chi connectivity index (χ4n) is 26.8. The van der Waals surface area contributed by atoms with Gasteiger partial charge in [0, 0.05) is 111 Å². The number of nitrogens with two attached hydrogens (primary N) is 1. The van der Waals surface area contributed by atoms with Crippen LogP contribution in [0, 0.1) is 63.6 Å². The first-order valence-electron chi connectivity index (χ1n) is 37.3. The minimum Gasteiger partial charge on any atom is -0.507 e. The number of imidazole rings is 1. The number of hydrogen-bond acceptors (Lipinski definition) is 16. The molecule has 0 unspecified atom stereocenters. The Labute approximate surface area is 578 Å². The third kappa shape index (κ3) is 6.79. The molecule has 3 aromatic carbocycles. The minimum atomic E-state index is -2.55. The molecule has 12 N–H and O–H groups in total. The number of pyridine rings is 1. The van der Waals surface area contributed by atoms with Crippen LogP contribution in [0.25, 0.3) is 16.3 Å². The largest absolute Gasteiger partial charge is 0.507 e. The molecule has 5 aliphatic heterocycles. The number of phenols is 1. The van der Waals surface area contributed by atoms with Gasteiger partial charge in [-0.2, -0.15) is 0 Å². The highest BCUT2D eigenvalue weighted by molar-refractivity contribution is 6.34. The van der Waals surface area contributed by atoms with Gasteiger partial charge in [0.1, 0.15) is 35.3 Å². The number of fused-ring (bicyclic) bond motifs is 9. The Morgan fingerprint density at radius 3 is 2.58 bits per heavy atom. The van der Waals surface area contributed by atoms with Crippen LogP contribution in [0.4, 0.5) is 5.82 Å². The number of anilines is 1. The van der Waals surface area contributed by atoms with Crippen molar-refractivity contribution in [3.05, 3.63) is 163 Å². The Kier molecular flexibility index (Phi) is 11.6. The van der Waals surface area contributed by atoms with E-state index in [1.807, 2.05) is 6.33 Å². The number of ketones is 3. The van der Waals surface area contributed by atoms with Crippen molar-refractivity contribution in [2.24, 2.45) is 50.6 Å². The van der Waals surface area contributed by atoms with E-state index in [0.717, 1.165) is 110 Å². The van der Waals surface area contributed by atoms with Crippen molar-refractivity contribution >= 4 is 39.5 Å². The van der Waals surface area contributed by atoms with Gasteiger partial charge >= 0.3 is 0 Å². The van der Waals surface area contributed by atoms with Crippen molar-refractivity contribution in [3.8, 4) is 23.3 Å². The summed E-state index contributed by atoms with van der Waals surface area (Å²) < 4.78 is 15.4. The number of hydrogen-bond donors (Lipinski definition) is 11. The molecule has 100 heavy (non-hydrogen) atoms. The Morgan fingerprint density at radius 1 is 0.840 bits per heavy atom. The number of aliphatic hydroxyl groups excluding tert-OH is 5. The predicted molar refractivity (Wildman–Crippen MR) is 367 cm³/mol. The lowest BCUT2D eigenvalue weighted by atomic mass is 9.30. The summed E-state index contributed by atoms with van der Waals surface area (Å²) in [6.45, 7) is 2.47. The smallest absolute Gasteiger partial charge is 0.261 e. The molecule has 18 atom stereocenters. The normalized spacial score (nSPS) is 40.9. The van der Waals surface area contributed by atoms with Gasteiger partial charge in [0.15, 0.2) is 17.5 Å². The zero-order valence-electron chi connectivity index (χ0n) is 56.2. The lowest BCUT2D eigenvalue weighted by Crippen LogP contribution is -2.79. The summed E-state index contributed by atoms with van der Waals surface area (Å²) in [5.41, 5.74) is 11.1. The molecule has 18 heteroatoms. The molecule has 512 valence electrons. The Bertz CT molecular complexity index is 4990. The molecule has 18 aliphatic rings. The van der Waals surface area contributed by atoms with E-state index in [2.05, 4.69) is 62.8 Å². The maximum atomic E-state index is 15.8. The van der Waals surface area contributed by atoms with E-state index in [1.54, 1.807) is 37.4 Å². The maximum Gasteiger partial charge on any atom is 0.261 e. The summed E-state index contributed by atoms with van der Waals surface area (Å²) >= 11 is 0. The molecule has 24 rings (SSSR count). The van der Waals surface area contributed by atoms with Crippen LogP contribution in [-0.4, -0.2) is 123 Å². The number of aryl methyl sites for hydroxylation is 1. The number of aromatic amines is 2. The number of aromatic nitrogens is 4. The zero-order chi connectivity index (χ0) is 67.5. The minimum absolute atomic E-state index is 0.00265. The number of aromatic hydroxyl groups is 1. The van der Waals surface area contributed by atoms with Crippen molar-refractivity contribution in [3.63, 3.8) is 0 Å². The number of nitrogens with zero attached hydrogens (tertiary/aromatic N) is 2. The first-order chi connectivity index (χ1) is 48.3. The molecule has 0 radical (unpaired) electrons. The van der Waals surface area contributed by atoms with E-state index in [1.165, 1.54) is 17.2 Å². The number of ether oxygens (including phenoxy) is 2. The van der Waals surface area contributed by atoms with E-state index < -0.39 is 97.6 Å². The molecule has 18 nitrogen and oxygen atoms in total. The number of carbonyl (C=O) groups excluding carboxylic acids is 3. The fraction of sp³-hybridized carbons (Fsp3) is 0.524. The first-order valence-corrected chi connectivity index (χ1v) is 37.3. The third-order valence-electron chi connectivity index (χ3n) is 30.4. The van der Waals surface area contributed by atoms with Gasteiger partial charge in [0.25, 0.3) is 5.79 Å². The second kappa shape index (κ2) is 19.4. The SMILES string of the molecule is Cc1cc(O)c2c(c1)C(=O)c1c(c3cc4c(nccc14)NC[C@@H](O)[C@@]14CC[C@H]5C#CC[C@]67CCC[C@]89C=C[C@H]6Cc6c([nH]c(c6[C@H]51)C1=C[C@@]5(O3)O[C@@]3(C1=C4C[C@]1(CCC4(CCCC4)C1)[C@@H]3O)[C@@H](O)[C@H](O)[C@H]5O)[C@@]87c1[nH]cnc1[C@@]1(CCC(=O)C[C@@H]1Cc1ccc3c(c1)CCN[C@@H]3N)C9)C2=O. The van der Waals surface area contributed by atoms with Crippen LogP contribution < -0.4 is 21.1 Å². The molecule has 13 aliphatic carbocycles. The van der Waals surface area contributed by atoms with Crippen molar-refractivity contribution in [1.29, 1.82) is 0 Å². The number of H-pyrrole nitrogens is 2. The second-order valence-electron chi connectivity index (χ2n) is 34.3. The summed E-state index contributed by atoms with van der Waals surface area (Å²) in [5.74, 6) is 3.38. The number of benzene rings is 3. The predicted octanol–water partition coefficient (Wildman–Crippen LogP) is 9.12. The van der Waals surface area contributed by atoms with Crippen LogP contribution in [0.2, 0.25) is 0 Å². The molecule has 8 heterocycles. The lowest BCUT2D eigenvalue weighted by Gasteiger charge is -2.72. The number of phenolic OH excluding ortho intramolecular Hbond substituents is 1. The van der Waals surface area contributed by atoms with Gasteiger partial charge in [-0.3, -0.25) is 19.7 Å². The number of Topliss-reactive ketones (excluding diaryl/α,β-unsaturated/α-hetero) is 1. The quantitative estimate of drug-likeness (QED) is 0.0568. The second-order valence-corrected chi connectivity index (χ2v) is 34.3. The van der Waals surface area contributed by atoms with Gasteiger partial charge in [-0.05, 0) is 195 Å². The summed E-state index contributed by atoms with van der Waals surface area (Å²) in [6.07, 6.45) is 16.5. The highest BCUT2D eigenvalue weighted by atomic mass is 16.7. The molecule has 3 aromatic heterocycles. The average Bonchev–Trinajstić information content (AvgIpc) is 1.27. The molecule has 6 fully saturated rings. The van der Waals surface area contributed by atoms with E-state index in [0.29, 0.717) is 110 Å². The fourth-order valence-corrected chi connectivity index (χ4v) is 26.8. The average molecular weight is 1340 g/mol. The molecular formula is C82H83N7O11. The molecule has 6 aromatic rings. The molecule has 1 saturated heterocycles. The number of allylic oxidation sites excluding steroid dienone is 2.